The van der Waals surface area contributed by atoms with Gasteiger partial charge in [-0.1, -0.05) is 0 Å². The molecule has 1 atom stereocenters. The summed E-state index contributed by atoms with van der Waals surface area (Å²) in [4.78, 5) is 10.3. The summed E-state index contributed by atoms with van der Waals surface area (Å²) in [7, 11) is 0. The zero-order valence-corrected chi connectivity index (χ0v) is 9.85. The molecule has 4 aliphatic carbocycles. The predicted octanol–water partition coefficient (Wildman–Crippen LogP) is 2.49. The van der Waals surface area contributed by atoms with Crippen LogP contribution in [0, 0.1) is 17.8 Å². The fraction of sp³-hybridized carbons (Fsp3) is 0.923. The molecule has 0 amide bonds. The van der Waals surface area contributed by atoms with Crippen LogP contribution in [0.25, 0.3) is 0 Å². The maximum absolute atomic E-state index is 10.3. The molecule has 90 valence electrons. The highest BCUT2D eigenvalue weighted by atomic mass is 16.7. The van der Waals surface area contributed by atoms with Crippen LogP contribution in [0.2, 0.25) is 0 Å². The normalized spacial score (nSPS) is 46.7. The first-order valence-electron chi connectivity index (χ1n) is 6.46. The molecular weight excluding hydrogens is 204 g/mol. The van der Waals surface area contributed by atoms with Crippen molar-refractivity contribution in [3.05, 3.63) is 0 Å². The first-order valence-corrected chi connectivity index (χ1v) is 6.46. The second kappa shape index (κ2) is 3.73. The lowest BCUT2D eigenvalue weighted by Gasteiger charge is -2.56. The fourth-order valence-electron chi connectivity index (χ4n) is 4.63. The lowest BCUT2D eigenvalue weighted by Crippen LogP contribution is -2.53. The van der Waals surface area contributed by atoms with Crippen LogP contribution in [0.3, 0.4) is 0 Å². The van der Waals surface area contributed by atoms with E-state index >= 15 is 0 Å². The Labute approximate surface area is 96.5 Å². The molecule has 3 heteroatoms. The Morgan fingerprint density at radius 3 is 2.06 bits per heavy atom. The van der Waals surface area contributed by atoms with E-state index in [0.29, 0.717) is 6.47 Å². The van der Waals surface area contributed by atoms with Gasteiger partial charge in [-0.2, -0.15) is 0 Å². The van der Waals surface area contributed by atoms with E-state index in [0.717, 1.165) is 17.8 Å². The molecule has 16 heavy (non-hydrogen) atoms. The van der Waals surface area contributed by atoms with E-state index < -0.39 is 0 Å². The Bertz CT molecular complexity index is 252. The summed E-state index contributed by atoms with van der Waals surface area (Å²) in [5.74, 6) is 2.61. The summed E-state index contributed by atoms with van der Waals surface area (Å²) in [5.41, 5.74) is 0.0389. The Balaban J connectivity index is 1.71. The van der Waals surface area contributed by atoms with Crippen LogP contribution in [0.15, 0.2) is 0 Å². The molecule has 0 N–H and O–H groups in total. The van der Waals surface area contributed by atoms with Crippen LogP contribution in [0.1, 0.15) is 45.4 Å². The topological polar surface area (TPSA) is 35.5 Å². The number of carbonyl (C=O) groups excluding carboxylic acids is 1. The van der Waals surface area contributed by atoms with Gasteiger partial charge < -0.3 is 9.47 Å². The molecule has 1 unspecified atom stereocenters. The summed E-state index contributed by atoms with van der Waals surface area (Å²) in [6.45, 7) is 2.32. The molecule has 4 rings (SSSR count). The van der Waals surface area contributed by atoms with Gasteiger partial charge in [0.1, 0.15) is 0 Å². The molecule has 0 aromatic rings. The quantitative estimate of drug-likeness (QED) is 0.543. The Morgan fingerprint density at radius 1 is 1.12 bits per heavy atom. The second-order valence-corrected chi connectivity index (χ2v) is 6.02. The highest BCUT2D eigenvalue weighted by Crippen LogP contribution is 2.57. The predicted molar refractivity (Wildman–Crippen MR) is 58.6 cm³/mol. The van der Waals surface area contributed by atoms with Crippen molar-refractivity contribution in [1.29, 1.82) is 0 Å². The van der Waals surface area contributed by atoms with E-state index in [2.05, 4.69) is 0 Å². The molecule has 4 fully saturated rings. The number of hydrogen-bond donors (Lipinski definition) is 0. The number of hydrogen-bond acceptors (Lipinski definition) is 3. The van der Waals surface area contributed by atoms with Crippen LogP contribution in [-0.2, 0) is 14.3 Å². The largest absolute Gasteiger partial charge is 0.438 e. The van der Waals surface area contributed by atoms with Crippen molar-refractivity contribution in [3.8, 4) is 0 Å². The summed E-state index contributed by atoms with van der Waals surface area (Å²) in [6, 6.07) is 0. The standard InChI is InChI=1S/C13H20O3/c1-9(15-8-14)16-13-5-10-2-11(6-13)4-12(3-10)7-13/h8-12H,2-7H2,1H3. The van der Waals surface area contributed by atoms with Crippen molar-refractivity contribution in [2.24, 2.45) is 17.8 Å². The van der Waals surface area contributed by atoms with Gasteiger partial charge in [0.2, 0.25) is 0 Å². The minimum absolute atomic E-state index is 0.0389. The van der Waals surface area contributed by atoms with Gasteiger partial charge in [0.25, 0.3) is 6.47 Å². The van der Waals surface area contributed by atoms with Gasteiger partial charge in [-0.3, -0.25) is 4.79 Å². The van der Waals surface area contributed by atoms with E-state index in [1.54, 1.807) is 0 Å². The van der Waals surface area contributed by atoms with Crippen molar-refractivity contribution in [2.45, 2.75) is 57.3 Å². The molecule has 0 spiro atoms. The van der Waals surface area contributed by atoms with Crippen LogP contribution in [0.5, 0.6) is 0 Å². The SMILES string of the molecule is CC(OC=O)OC12CC3CC(CC(C3)C1)C2. The van der Waals surface area contributed by atoms with Crippen LogP contribution in [0.4, 0.5) is 0 Å². The third-order valence-corrected chi connectivity index (χ3v) is 4.65. The van der Waals surface area contributed by atoms with E-state index in [1.807, 2.05) is 6.92 Å². The third-order valence-electron chi connectivity index (χ3n) is 4.65. The summed E-state index contributed by atoms with van der Waals surface area (Å²) in [6.07, 6.45) is 7.40. The van der Waals surface area contributed by atoms with E-state index in [-0.39, 0.29) is 11.9 Å². The lowest BCUT2D eigenvalue weighted by atomic mass is 9.54. The van der Waals surface area contributed by atoms with Crippen molar-refractivity contribution in [1.82, 2.24) is 0 Å². The lowest BCUT2D eigenvalue weighted by molar-refractivity contribution is -0.239. The fourth-order valence-corrected chi connectivity index (χ4v) is 4.63. The van der Waals surface area contributed by atoms with E-state index in [9.17, 15) is 4.79 Å². The van der Waals surface area contributed by atoms with Crippen LogP contribution >= 0.6 is 0 Å². The van der Waals surface area contributed by atoms with Gasteiger partial charge in [-0.05, 0) is 63.2 Å². The van der Waals surface area contributed by atoms with Crippen molar-refractivity contribution in [2.75, 3.05) is 0 Å². The van der Waals surface area contributed by atoms with Crippen LogP contribution in [-0.4, -0.2) is 18.4 Å². The molecule has 0 aromatic heterocycles. The summed E-state index contributed by atoms with van der Waals surface area (Å²) >= 11 is 0. The first kappa shape index (κ1) is 10.6. The third kappa shape index (κ3) is 1.75. The molecule has 4 saturated carbocycles. The maximum atomic E-state index is 10.3. The van der Waals surface area contributed by atoms with Gasteiger partial charge >= 0.3 is 0 Å². The van der Waals surface area contributed by atoms with E-state index in [4.69, 9.17) is 9.47 Å². The van der Waals surface area contributed by atoms with Gasteiger partial charge in [-0.25, -0.2) is 0 Å². The molecular formula is C13H20O3. The van der Waals surface area contributed by atoms with Crippen molar-refractivity contribution >= 4 is 6.47 Å². The van der Waals surface area contributed by atoms with Gasteiger partial charge in [0.15, 0.2) is 6.29 Å². The minimum atomic E-state index is -0.381. The number of ether oxygens (including phenoxy) is 2. The van der Waals surface area contributed by atoms with E-state index in [1.165, 1.54) is 38.5 Å². The number of rotatable bonds is 4. The van der Waals surface area contributed by atoms with Gasteiger partial charge in [0, 0.05) is 0 Å². The van der Waals surface area contributed by atoms with Gasteiger partial charge in [-0.15, -0.1) is 0 Å². The molecule has 3 nitrogen and oxygen atoms in total. The monoisotopic (exact) mass is 224 g/mol. The Morgan fingerprint density at radius 2 is 1.62 bits per heavy atom. The zero-order valence-electron chi connectivity index (χ0n) is 9.85. The number of carbonyl (C=O) groups is 1. The van der Waals surface area contributed by atoms with Crippen LogP contribution < -0.4 is 0 Å². The second-order valence-electron chi connectivity index (χ2n) is 6.02. The highest BCUT2D eigenvalue weighted by molar-refractivity contribution is 5.37. The first-order chi connectivity index (χ1) is 7.69. The smallest absolute Gasteiger partial charge is 0.295 e. The average molecular weight is 224 g/mol. The highest BCUT2D eigenvalue weighted by Gasteiger charge is 2.52. The van der Waals surface area contributed by atoms with Crippen molar-refractivity contribution < 1.29 is 14.3 Å². The molecule has 0 heterocycles. The molecule has 4 aliphatic rings. The Hall–Kier alpha value is -0.570. The maximum Gasteiger partial charge on any atom is 0.295 e. The average Bonchev–Trinajstić information content (AvgIpc) is 2.13. The van der Waals surface area contributed by atoms with Gasteiger partial charge in [0.05, 0.1) is 5.60 Å². The minimum Gasteiger partial charge on any atom is -0.438 e. The summed E-state index contributed by atoms with van der Waals surface area (Å²) < 4.78 is 10.9. The molecule has 0 aliphatic heterocycles. The van der Waals surface area contributed by atoms with Crippen molar-refractivity contribution in [3.63, 3.8) is 0 Å². The molecule has 4 bridgehead atoms. The Kier molecular flexibility index (Phi) is 2.46. The zero-order chi connectivity index (χ0) is 11.2. The molecule has 0 saturated heterocycles. The summed E-state index contributed by atoms with van der Waals surface area (Å²) in [5, 5.41) is 0. The molecule has 0 radical (unpaired) electrons. The molecule has 0 aromatic carbocycles.